The van der Waals surface area contributed by atoms with Crippen molar-refractivity contribution in [2.24, 2.45) is 0 Å². The van der Waals surface area contributed by atoms with Crippen molar-refractivity contribution in [3.63, 3.8) is 0 Å². The third kappa shape index (κ3) is 12.3. The molecule has 2 N–H and O–H groups in total. The molecule has 4 aliphatic rings. The smallest absolute Gasteiger partial charge is 0.324 e. The Morgan fingerprint density at radius 3 is 1.71 bits per heavy atom. The summed E-state index contributed by atoms with van der Waals surface area (Å²) >= 11 is 0. The molecule has 0 radical (unpaired) electrons. The lowest BCUT2D eigenvalue weighted by Crippen LogP contribution is -2.49. The predicted molar refractivity (Wildman–Crippen MR) is 204 cm³/mol. The molecule has 18 nitrogen and oxygen atoms in total. The molecule has 6 heterocycles. The van der Waals surface area contributed by atoms with Gasteiger partial charge in [-0.25, -0.2) is 14.4 Å². The number of aromatic nitrogens is 2. The van der Waals surface area contributed by atoms with Gasteiger partial charge in [0, 0.05) is 101 Å². The molecule has 2 aromatic rings. The van der Waals surface area contributed by atoms with Crippen molar-refractivity contribution >= 4 is 35.7 Å². The number of carbonyl (C=O) groups excluding carboxylic acids is 4. The number of nitrogens with one attached hydrogen (secondary N) is 2. The fourth-order valence-electron chi connectivity index (χ4n) is 6.44. The van der Waals surface area contributed by atoms with Crippen LogP contribution in [0.5, 0.6) is 0 Å². The Labute approximate surface area is 323 Å². The van der Waals surface area contributed by atoms with Gasteiger partial charge in [-0.2, -0.15) is 0 Å². The van der Waals surface area contributed by atoms with E-state index in [0.29, 0.717) is 110 Å². The molecule has 0 aromatic carbocycles. The van der Waals surface area contributed by atoms with Crippen molar-refractivity contribution in [3.05, 3.63) is 23.6 Å². The van der Waals surface area contributed by atoms with E-state index in [1.165, 1.54) is 0 Å². The summed E-state index contributed by atoms with van der Waals surface area (Å²) in [5, 5.41) is 13.5. The van der Waals surface area contributed by atoms with Crippen molar-refractivity contribution in [1.82, 2.24) is 39.7 Å². The average Bonchev–Trinajstić information content (AvgIpc) is 3.67. The minimum Gasteiger partial charge on any atom is -0.379 e. The molecule has 55 heavy (non-hydrogen) atoms. The van der Waals surface area contributed by atoms with E-state index in [2.05, 4.69) is 25.8 Å². The van der Waals surface area contributed by atoms with Crippen LogP contribution in [0, 0.1) is 0 Å². The van der Waals surface area contributed by atoms with Crippen LogP contribution in [0.2, 0.25) is 0 Å². The molecule has 4 aliphatic heterocycles. The number of ether oxygens (including phenoxy) is 2. The third-order valence-corrected chi connectivity index (χ3v) is 9.93. The summed E-state index contributed by atoms with van der Waals surface area (Å²) in [6, 6.07) is 3.10. The normalized spacial score (nSPS) is 19.2. The molecule has 2 aromatic heterocycles. The Morgan fingerprint density at radius 2 is 1.13 bits per heavy atom. The number of rotatable bonds is 4. The van der Waals surface area contributed by atoms with Gasteiger partial charge in [0.2, 0.25) is 11.8 Å². The first-order valence-corrected chi connectivity index (χ1v) is 19.4. The summed E-state index contributed by atoms with van der Waals surface area (Å²) < 4.78 is 21.2. The van der Waals surface area contributed by atoms with Crippen molar-refractivity contribution in [3.8, 4) is 0 Å². The first-order valence-electron chi connectivity index (χ1n) is 19.4. The van der Waals surface area contributed by atoms with Gasteiger partial charge in [-0.15, -0.1) is 0 Å². The fourth-order valence-corrected chi connectivity index (χ4v) is 6.44. The van der Waals surface area contributed by atoms with Crippen LogP contribution in [-0.4, -0.2) is 175 Å². The maximum Gasteiger partial charge on any atom is 0.324 e. The summed E-state index contributed by atoms with van der Waals surface area (Å²) in [7, 11) is 0. The quantitative estimate of drug-likeness (QED) is 0.465. The third-order valence-electron chi connectivity index (χ3n) is 9.93. The number of nitrogens with zero attached hydrogens (tertiary/aromatic N) is 8. The minimum atomic E-state index is -0.229. The highest BCUT2D eigenvalue weighted by Gasteiger charge is 2.29. The molecule has 0 bridgehead atoms. The highest BCUT2D eigenvalue weighted by Crippen LogP contribution is 2.25. The van der Waals surface area contributed by atoms with E-state index in [1.54, 1.807) is 21.9 Å². The number of morpholine rings is 2. The van der Waals surface area contributed by atoms with Crippen LogP contribution in [-0.2, 0) is 25.1 Å². The lowest BCUT2D eigenvalue weighted by Gasteiger charge is -2.32. The molecule has 18 heteroatoms. The molecule has 0 unspecified atom stereocenters. The number of anilines is 2. The number of amides is 7. The standard InChI is InChI=1S/C19H31N5O4.C18H29N5O4/c1-19(2,3)15-13-16(21-28-15)20-18(26)24-6-4-5-23(7-8-24)17(25)14-22-9-11-27-12-10-22;1-18(2,3)14-13-15(27-20-14)19-16(24)21-5-4-6-22(8-7-21)17(25)23-9-11-26-12-10-23/h13H,4-12,14H2,1-3H3,(H,20,21,26);13H,4-12H2,1-3H3,(H,19,24). The lowest BCUT2D eigenvalue weighted by atomic mass is 9.92. The van der Waals surface area contributed by atoms with Gasteiger partial charge >= 0.3 is 18.1 Å². The molecule has 306 valence electrons. The zero-order chi connectivity index (χ0) is 39.6. The van der Waals surface area contributed by atoms with Crippen LogP contribution in [0.4, 0.5) is 26.1 Å². The van der Waals surface area contributed by atoms with Crippen molar-refractivity contribution in [2.45, 2.75) is 65.2 Å². The Morgan fingerprint density at radius 1 is 0.600 bits per heavy atom. The van der Waals surface area contributed by atoms with E-state index >= 15 is 0 Å². The molecule has 4 fully saturated rings. The lowest BCUT2D eigenvalue weighted by molar-refractivity contribution is -0.133. The van der Waals surface area contributed by atoms with Gasteiger partial charge in [0.25, 0.3) is 0 Å². The van der Waals surface area contributed by atoms with Crippen LogP contribution >= 0.6 is 0 Å². The van der Waals surface area contributed by atoms with E-state index in [4.69, 9.17) is 18.5 Å². The topological polar surface area (TPSA) is 182 Å². The van der Waals surface area contributed by atoms with Gasteiger partial charge in [0.1, 0.15) is 5.76 Å². The molecule has 0 aliphatic carbocycles. The van der Waals surface area contributed by atoms with Gasteiger partial charge in [0.15, 0.2) is 5.82 Å². The van der Waals surface area contributed by atoms with Crippen molar-refractivity contribution in [1.29, 1.82) is 0 Å². The highest BCUT2D eigenvalue weighted by molar-refractivity contribution is 5.89. The van der Waals surface area contributed by atoms with E-state index in [-0.39, 0.29) is 34.8 Å². The summed E-state index contributed by atoms with van der Waals surface area (Å²) in [4.78, 5) is 61.4. The molecule has 0 spiro atoms. The first kappa shape index (κ1) is 41.7. The molecule has 4 saturated heterocycles. The zero-order valence-electron chi connectivity index (χ0n) is 33.4. The van der Waals surface area contributed by atoms with Crippen LogP contribution in [0.25, 0.3) is 0 Å². The molecule has 0 saturated carbocycles. The second-order valence-electron chi connectivity index (χ2n) is 16.3. The van der Waals surface area contributed by atoms with Crippen LogP contribution in [0.3, 0.4) is 0 Å². The maximum atomic E-state index is 12.6. The van der Waals surface area contributed by atoms with E-state index < -0.39 is 0 Å². The number of hydrogen-bond donors (Lipinski definition) is 2. The molecular formula is C37H60N10O8. The summed E-state index contributed by atoms with van der Waals surface area (Å²) in [5.74, 6) is 1.60. The molecule has 7 amide bonds. The largest absolute Gasteiger partial charge is 0.379 e. The Bertz CT molecular complexity index is 1570. The number of carbonyl (C=O) groups is 4. The van der Waals surface area contributed by atoms with Gasteiger partial charge in [-0.1, -0.05) is 51.9 Å². The van der Waals surface area contributed by atoms with Gasteiger partial charge in [-0.05, 0) is 12.8 Å². The van der Waals surface area contributed by atoms with Crippen LogP contribution in [0.15, 0.2) is 21.2 Å². The van der Waals surface area contributed by atoms with E-state index in [1.807, 2.05) is 56.2 Å². The average molecular weight is 773 g/mol. The van der Waals surface area contributed by atoms with Crippen LogP contribution in [0.1, 0.15) is 65.8 Å². The molecule has 6 rings (SSSR count). The second-order valence-corrected chi connectivity index (χ2v) is 16.3. The second kappa shape index (κ2) is 18.9. The van der Waals surface area contributed by atoms with Crippen LogP contribution < -0.4 is 10.6 Å². The monoisotopic (exact) mass is 772 g/mol. The number of hydrogen-bond acceptors (Lipinski definition) is 11. The van der Waals surface area contributed by atoms with E-state index in [0.717, 1.165) is 37.4 Å². The number of urea groups is 3. The van der Waals surface area contributed by atoms with Gasteiger partial charge < -0.3 is 43.0 Å². The minimum absolute atomic E-state index is 0.0330. The zero-order valence-corrected chi connectivity index (χ0v) is 33.4. The SMILES string of the molecule is CC(C)(C)c1cc(NC(=O)N2CCCN(C(=O)CN3CCOCC3)CC2)no1.CC(C)(C)c1cc(NC(=O)N2CCCN(C(=O)N3CCOCC3)CC2)on1. The predicted octanol–water partition coefficient (Wildman–Crippen LogP) is 3.33. The molecule has 0 atom stereocenters. The summed E-state index contributed by atoms with van der Waals surface area (Å²) in [5.41, 5.74) is 0.478. The summed E-state index contributed by atoms with van der Waals surface area (Å²) in [6.07, 6.45) is 1.50. The first-order chi connectivity index (χ1) is 26.2. The fraction of sp³-hybridized carbons (Fsp3) is 0.730. The maximum absolute atomic E-state index is 12.6. The Balaban J connectivity index is 0.000000211. The van der Waals surface area contributed by atoms with Gasteiger partial charge in [-0.3, -0.25) is 20.3 Å². The highest BCUT2D eigenvalue weighted by atomic mass is 16.5. The summed E-state index contributed by atoms with van der Waals surface area (Å²) in [6.45, 7) is 22.5. The Hall–Kier alpha value is -4.42. The Kier molecular flexibility index (Phi) is 14.4. The molecular weight excluding hydrogens is 712 g/mol. The van der Waals surface area contributed by atoms with E-state index in [9.17, 15) is 19.2 Å². The van der Waals surface area contributed by atoms with Crippen molar-refractivity contribution in [2.75, 3.05) is 122 Å². The van der Waals surface area contributed by atoms with Crippen molar-refractivity contribution < 1.29 is 37.7 Å². The van der Waals surface area contributed by atoms with Gasteiger partial charge in [0.05, 0.1) is 38.7 Å².